The monoisotopic (exact) mass is 502 g/mol. The van der Waals surface area contributed by atoms with Gasteiger partial charge in [0, 0.05) is 23.7 Å². The Morgan fingerprint density at radius 3 is 2.45 bits per heavy atom. The van der Waals surface area contributed by atoms with E-state index >= 15 is 0 Å². The number of halogens is 1. The quantitative estimate of drug-likeness (QED) is 0.379. The summed E-state index contributed by atoms with van der Waals surface area (Å²) in [6.07, 6.45) is 1.50. The van der Waals surface area contributed by atoms with Crippen LogP contribution in [0.3, 0.4) is 0 Å². The minimum absolute atomic E-state index is 0.0829. The number of hydrogen-bond acceptors (Lipinski definition) is 4. The molecule has 1 heterocycles. The summed E-state index contributed by atoms with van der Waals surface area (Å²) in [4.78, 5) is 25.4. The number of ether oxygens (including phenoxy) is 1. The van der Waals surface area contributed by atoms with E-state index in [2.05, 4.69) is 10.6 Å². The number of para-hydroxylation sites is 1. The third-order valence-electron chi connectivity index (χ3n) is 4.04. The Bertz CT molecular complexity index is 1030. The third-order valence-corrected chi connectivity index (χ3v) is 4.62. The minimum atomic E-state index is -0.438. The van der Waals surface area contributed by atoms with Crippen molar-refractivity contribution in [3.63, 3.8) is 0 Å². The summed E-state index contributed by atoms with van der Waals surface area (Å²) in [6, 6.07) is 19.6. The van der Waals surface area contributed by atoms with Gasteiger partial charge in [-0.2, -0.15) is 0 Å². The van der Waals surface area contributed by atoms with Crippen molar-refractivity contribution in [1.29, 1.82) is 0 Å². The molecule has 0 unspecified atom stereocenters. The predicted octanol–water partition coefficient (Wildman–Crippen LogP) is 3.98. The molecular weight excluding hydrogens is 483 g/mol. The van der Waals surface area contributed by atoms with Crippen molar-refractivity contribution in [2.75, 3.05) is 7.11 Å². The van der Waals surface area contributed by atoms with Crippen LogP contribution in [0.4, 0.5) is 0 Å². The van der Waals surface area contributed by atoms with Crippen LogP contribution < -0.4 is 15.4 Å². The van der Waals surface area contributed by atoms with Gasteiger partial charge in [0.2, 0.25) is 0 Å². The van der Waals surface area contributed by atoms with Crippen LogP contribution in [0.5, 0.6) is 5.75 Å². The van der Waals surface area contributed by atoms with Gasteiger partial charge in [0.1, 0.15) is 17.2 Å². The Balaban J connectivity index is 1.79. The first kappa shape index (κ1) is 20.7. The second-order valence-electron chi connectivity index (χ2n) is 6.01. The lowest BCUT2D eigenvalue weighted by Gasteiger charge is -2.12. The molecule has 0 saturated carbocycles. The highest BCUT2D eigenvalue weighted by atomic mass is 127. The van der Waals surface area contributed by atoms with Gasteiger partial charge >= 0.3 is 0 Å². The maximum Gasteiger partial charge on any atom is 0.268 e. The number of methoxy groups -OCH3 is 1. The molecule has 0 atom stereocenters. The molecule has 0 saturated heterocycles. The molecule has 2 aromatic carbocycles. The number of carbonyl (C=O) groups is 2. The van der Waals surface area contributed by atoms with Gasteiger partial charge in [0.05, 0.1) is 7.11 Å². The van der Waals surface area contributed by atoms with Crippen LogP contribution in [0.25, 0.3) is 6.08 Å². The Morgan fingerprint density at radius 1 is 1.03 bits per heavy atom. The zero-order valence-corrected chi connectivity index (χ0v) is 17.8. The van der Waals surface area contributed by atoms with Crippen LogP contribution in [-0.4, -0.2) is 18.9 Å². The summed E-state index contributed by atoms with van der Waals surface area (Å²) in [5, 5.41) is 5.48. The van der Waals surface area contributed by atoms with Crippen LogP contribution in [-0.2, 0) is 11.3 Å². The highest BCUT2D eigenvalue weighted by molar-refractivity contribution is 14.1. The number of benzene rings is 2. The van der Waals surface area contributed by atoms with E-state index in [1.54, 1.807) is 43.5 Å². The fourth-order valence-electron chi connectivity index (χ4n) is 2.61. The molecule has 0 aliphatic rings. The van der Waals surface area contributed by atoms with Gasteiger partial charge in [0.15, 0.2) is 3.77 Å². The Hall–Kier alpha value is -3.07. The van der Waals surface area contributed by atoms with E-state index in [1.807, 2.05) is 52.9 Å². The van der Waals surface area contributed by atoms with E-state index in [0.717, 1.165) is 5.56 Å². The molecule has 6 nitrogen and oxygen atoms in total. The first-order chi connectivity index (χ1) is 14.1. The van der Waals surface area contributed by atoms with Crippen LogP contribution in [0.15, 0.2) is 76.8 Å². The van der Waals surface area contributed by atoms with E-state index in [0.29, 0.717) is 20.8 Å². The molecule has 2 amide bonds. The lowest BCUT2D eigenvalue weighted by molar-refractivity contribution is -0.117. The number of furan rings is 1. The van der Waals surface area contributed by atoms with Gasteiger partial charge in [-0.05, 0) is 52.9 Å². The summed E-state index contributed by atoms with van der Waals surface area (Å²) in [5.74, 6) is 0.314. The molecule has 148 valence electrons. The molecule has 2 N–H and O–H groups in total. The average molecular weight is 502 g/mol. The molecule has 1 aromatic heterocycles. The van der Waals surface area contributed by atoms with Crippen LogP contribution in [0.2, 0.25) is 0 Å². The molecule has 0 aliphatic carbocycles. The van der Waals surface area contributed by atoms with E-state index in [1.165, 1.54) is 6.08 Å². The van der Waals surface area contributed by atoms with E-state index < -0.39 is 5.91 Å². The van der Waals surface area contributed by atoms with E-state index in [4.69, 9.17) is 9.15 Å². The van der Waals surface area contributed by atoms with Crippen molar-refractivity contribution in [2.24, 2.45) is 0 Å². The van der Waals surface area contributed by atoms with Crippen LogP contribution in [0.1, 0.15) is 21.7 Å². The summed E-state index contributed by atoms with van der Waals surface area (Å²) in [6.45, 7) is 0.247. The predicted molar refractivity (Wildman–Crippen MR) is 118 cm³/mol. The standard InChI is InChI=1S/C22H19IN2O4/c1-28-19-10-6-5-9-16(19)14-24-22(27)18(13-17-11-12-20(23)29-17)25-21(26)15-7-3-2-4-8-15/h2-13H,14H2,1H3,(H,24,27)(H,25,26)/b18-13+. The Morgan fingerprint density at radius 2 is 1.76 bits per heavy atom. The maximum atomic E-state index is 12.8. The Labute approximate surface area is 182 Å². The molecule has 0 aliphatic heterocycles. The smallest absolute Gasteiger partial charge is 0.268 e. The fraction of sp³-hybridized carbons (Fsp3) is 0.0909. The lowest BCUT2D eigenvalue weighted by atomic mass is 10.2. The number of nitrogens with one attached hydrogen (secondary N) is 2. The van der Waals surface area contributed by atoms with Crippen molar-refractivity contribution in [3.8, 4) is 5.75 Å². The van der Waals surface area contributed by atoms with E-state index in [-0.39, 0.29) is 18.1 Å². The average Bonchev–Trinajstić information content (AvgIpc) is 3.16. The zero-order valence-electron chi connectivity index (χ0n) is 15.6. The third kappa shape index (κ3) is 5.71. The highest BCUT2D eigenvalue weighted by Crippen LogP contribution is 2.17. The van der Waals surface area contributed by atoms with Crippen molar-refractivity contribution >= 4 is 40.5 Å². The van der Waals surface area contributed by atoms with Crippen molar-refractivity contribution in [2.45, 2.75) is 6.54 Å². The molecule has 0 fully saturated rings. The van der Waals surface area contributed by atoms with Gasteiger partial charge in [-0.25, -0.2) is 0 Å². The maximum absolute atomic E-state index is 12.8. The molecule has 3 aromatic rings. The number of rotatable bonds is 7. The minimum Gasteiger partial charge on any atom is -0.496 e. The summed E-state index contributed by atoms with van der Waals surface area (Å²) >= 11 is 2.03. The van der Waals surface area contributed by atoms with Gasteiger partial charge in [-0.15, -0.1) is 0 Å². The summed E-state index contributed by atoms with van der Waals surface area (Å²) in [5.41, 5.74) is 1.36. The molecular formula is C22H19IN2O4. The van der Waals surface area contributed by atoms with Crippen molar-refractivity contribution < 1.29 is 18.7 Å². The first-order valence-corrected chi connectivity index (χ1v) is 9.88. The zero-order chi connectivity index (χ0) is 20.6. The molecule has 29 heavy (non-hydrogen) atoms. The molecule has 3 rings (SSSR count). The molecule has 0 bridgehead atoms. The van der Waals surface area contributed by atoms with Gasteiger partial charge in [0.25, 0.3) is 11.8 Å². The van der Waals surface area contributed by atoms with Gasteiger partial charge < -0.3 is 19.8 Å². The molecule has 0 radical (unpaired) electrons. The van der Waals surface area contributed by atoms with Crippen LogP contribution in [0, 0.1) is 3.77 Å². The SMILES string of the molecule is COc1ccccc1CNC(=O)/C(=C\c1ccc(I)o1)NC(=O)c1ccccc1. The van der Waals surface area contributed by atoms with Crippen molar-refractivity contribution in [3.05, 3.63) is 93.1 Å². The second-order valence-corrected chi connectivity index (χ2v) is 7.08. The fourth-order valence-corrected chi connectivity index (χ4v) is 3.04. The highest BCUT2D eigenvalue weighted by Gasteiger charge is 2.16. The Kier molecular flexibility index (Phi) is 7.07. The second kappa shape index (κ2) is 9.92. The molecule has 0 spiro atoms. The normalized spacial score (nSPS) is 11.0. The molecule has 7 heteroatoms. The van der Waals surface area contributed by atoms with E-state index in [9.17, 15) is 9.59 Å². The summed E-state index contributed by atoms with van der Waals surface area (Å²) < 4.78 is 11.5. The van der Waals surface area contributed by atoms with Gasteiger partial charge in [-0.1, -0.05) is 36.4 Å². The van der Waals surface area contributed by atoms with Crippen LogP contribution >= 0.6 is 22.6 Å². The topological polar surface area (TPSA) is 80.6 Å². The van der Waals surface area contributed by atoms with Gasteiger partial charge in [-0.3, -0.25) is 9.59 Å². The summed E-state index contributed by atoms with van der Waals surface area (Å²) in [7, 11) is 1.57. The number of carbonyl (C=O) groups excluding carboxylic acids is 2. The number of hydrogen-bond donors (Lipinski definition) is 2. The lowest BCUT2D eigenvalue weighted by Crippen LogP contribution is -2.34. The largest absolute Gasteiger partial charge is 0.496 e. The number of amides is 2. The first-order valence-electron chi connectivity index (χ1n) is 8.80. The van der Waals surface area contributed by atoms with Crippen molar-refractivity contribution in [1.82, 2.24) is 10.6 Å².